The van der Waals surface area contributed by atoms with Gasteiger partial charge in [-0.1, -0.05) is 20.8 Å². The second-order valence-electron chi connectivity index (χ2n) is 8.31. The van der Waals surface area contributed by atoms with Gasteiger partial charge in [-0.25, -0.2) is 9.78 Å². The average Bonchev–Trinajstić information content (AvgIpc) is 2.92. The van der Waals surface area contributed by atoms with Gasteiger partial charge in [0.15, 0.2) is 14.1 Å². The number of rotatable bonds is 4. The molecule has 0 N–H and O–H groups in total. The summed E-state index contributed by atoms with van der Waals surface area (Å²) in [6.07, 6.45) is -0.541. The number of fused-ring (bicyclic) bond motifs is 1. The number of amides is 1. The molecule has 26 heavy (non-hydrogen) atoms. The van der Waals surface area contributed by atoms with Crippen LogP contribution in [0.5, 0.6) is 5.75 Å². The van der Waals surface area contributed by atoms with E-state index in [0.717, 1.165) is 0 Å². The lowest BCUT2D eigenvalue weighted by molar-refractivity contribution is -0.121. The number of anilines is 1. The van der Waals surface area contributed by atoms with Crippen LogP contribution < -0.4 is 9.64 Å². The van der Waals surface area contributed by atoms with E-state index in [2.05, 4.69) is 38.8 Å². The van der Waals surface area contributed by atoms with E-state index >= 15 is 0 Å². The molecule has 3 heterocycles. The summed E-state index contributed by atoms with van der Waals surface area (Å²) in [4.78, 5) is 29.7. The molecule has 1 aromatic rings. The third kappa shape index (κ3) is 3.76. The Balaban J connectivity index is 1.67. The Morgan fingerprint density at radius 1 is 1.31 bits per heavy atom. The number of carbonyl (C=O) groups excluding carboxylic acids is 2. The standard InChI is InChI=1S/C18H26N2O5Si/c1-18(2,3)26(4,5)24-11-13-9-20(17(22)25-13)16-7-6-15-14(19-16)8-12(21)10-23-15/h6-7,13H,8-11H2,1-5H3. The molecule has 0 aliphatic carbocycles. The summed E-state index contributed by atoms with van der Waals surface area (Å²) in [5.41, 5.74) is 0.563. The van der Waals surface area contributed by atoms with Crippen LogP contribution in [0.2, 0.25) is 18.1 Å². The zero-order valence-corrected chi connectivity index (χ0v) is 17.0. The van der Waals surface area contributed by atoms with Gasteiger partial charge in [0, 0.05) is 0 Å². The summed E-state index contributed by atoms with van der Waals surface area (Å²) in [5, 5.41) is 0.0991. The quantitative estimate of drug-likeness (QED) is 0.750. The number of hydrogen-bond acceptors (Lipinski definition) is 6. The first-order valence-electron chi connectivity index (χ1n) is 8.83. The number of nitrogens with zero attached hydrogens (tertiary/aromatic N) is 2. The van der Waals surface area contributed by atoms with E-state index in [1.54, 1.807) is 12.1 Å². The van der Waals surface area contributed by atoms with Crippen molar-refractivity contribution in [1.82, 2.24) is 4.98 Å². The van der Waals surface area contributed by atoms with E-state index in [-0.39, 0.29) is 30.0 Å². The van der Waals surface area contributed by atoms with Gasteiger partial charge in [0.2, 0.25) is 0 Å². The van der Waals surface area contributed by atoms with Gasteiger partial charge in [-0.05, 0) is 30.3 Å². The minimum Gasteiger partial charge on any atom is -0.484 e. The van der Waals surface area contributed by atoms with Crippen molar-refractivity contribution in [2.75, 3.05) is 24.7 Å². The maximum Gasteiger partial charge on any atom is 0.416 e. The van der Waals surface area contributed by atoms with Crippen LogP contribution in [0.4, 0.5) is 10.6 Å². The van der Waals surface area contributed by atoms with E-state index in [0.29, 0.717) is 30.4 Å². The lowest BCUT2D eigenvalue weighted by Crippen LogP contribution is -2.43. The second-order valence-corrected chi connectivity index (χ2v) is 13.1. The average molecular weight is 379 g/mol. The molecule has 1 amide bonds. The van der Waals surface area contributed by atoms with Crippen molar-refractivity contribution < 1.29 is 23.5 Å². The van der Waals surface area contributed by atoms with Crippen LogP contribution in [-0.4, -0.2) is 51.0 Å². The summed E-state index contributed by atoms with van der Waals surface area (Å²) in [6, 6.07) is 3.46. The normalized spacial score (nSPS) is 20.7. The highest BCUT2D eigenvalue weighted by molar-refractivity contribution is 6.74. The number of pyridine rings is 1. The van der Waals surface area contributed by atoms with Crippen molar-refractivity contribution in [3.63, 3.8) is 0 Å². The summed E-state index contributed by atoms with van der Waals surface area (Å²) >= 11 is 0. The zero-order valence-electron chi connectivity index (χ0n) is 16.0. The molecule has 0 saturated carbocycles. The summed E-state index contributed by atoms with van der Waals surface area (Å²) < 4.78 is 17.0. The van der Waals surface area contributed by atoms with Crippen molar-refractivity contribution in [2.24, 2.45) is 0 Å². The smallest absolute Gasteiger partial charge is 0.416 e. The van der Waals surface area contributed by atoms with Crippen molar-refractivity contribution in [3.05, 3.63) is 17.8 Å². The lowest BCUT2D eigenvalue weighted by atomic mass is 10.1. The van der Waals surface area contributed by atoms with Crippen LogP contribution in [0.3, 0.4) is 0 Å². The highest BCUT2D eigenvalue weighted by atomic mass is 28.4. The maximum atomic E-state index is 12.3. The van der Waals surface area contributed by atoms with Crippen LogP contribution in [0, 0.1) is 0 Å². The van der Waals surface area contributed by atoms with E-state index in [1.165, 1.54) is 4.90 Å². The number of carbonyl (C=O) groups is 2. The SMILES string of the molecule is CC(C)(C)[Si](C)(C)OCC1CN(c2ccc3c(n2)CC(=O)CO3)C(=O)O1. The molecule has 1 unspecified atom stereocenters. The summed E-state index contributed by atoms with van der Waals surface area (Å²) in [7, 11) is -1.90. The van der Waals surface area contributed by atoms with Crippen LogP contribution in [0.15, 0.2) is 12.1 Å². The molecule has 1 fully saturated rings. The van der Waals surface area contributed by atoms with Crippen molar-refractivity contribution in [3.8, 4) is 5.75 Å². The van der Waals surface area contributed by atoms with E-state index < -0.39 is 14.4 Å². The number of Topliss-reactive ketones (excluding diaryl/α,β-unsaturated/α-hetero) is 1. The first kappa shape index (κ1) is 18.8. The zero-order chi connectivity index (χ0) is 19.1. The van der Waals surface area contributed by atoms with Crippen molar-refractivity contribution >= 4 is 26.0 Å². The second kappa shape index (κ2) is 6.66. The molecule has 0 aromatic carbocycles. The van der Waals surface area contributed by atoms with Crippen molar-refractivity contribution in [2.45, 2.75) is 51.4 Å². The van der Waals surface area contributed by atoms with Gasteiger partial charge < -0.3 is 13.9 Å². The molecule has 1 saturated heterocycles. The predicted octanol–water partition coefficient (Wildman–Crippen LogP) is 2.93. The Bertz CT molecular complexity index is 729. The van der Waals surface area contributed by atoms with Crippen molar-refractivity contribution in [1.29, 1.82) is 0 Å². The van der Waals surface area contributed by atoms with E-state index in [4.69, 9.17) is 13.9 Å². The Labute approximate surface area is 154 Å². The third-order valence-corrected chi connectivity index (χ3v) is 9.76. The first-order valence-corrected chi connectivity index (χ1v) is 11.7. The fraction of sp³-hybridized carbons (Fsp3) is 0.611. The van der Waals surface area contributed by atoms with Crippen LogP contribution >= 0.6 is 0 Å². The minimum absolute atomic E-state index is 0.0215. The molecule has 0 bridgehead atoms. The van der Waals surface area contributed by atoms with Gasteiger partial charge in [-0.15, -0.1) is 0 Å². The Morgan fingerprint density at radius 3 is 2.73 bits per heavy atom. The van der Waals surface area contributed by atoms with Gasteiger partial charge in [-0.2, -0.15) is 0 Å². The monoisotopic (exact) mass is 378 g/mol. The fourth-order valence-electron chi connectivity index (χ4n) is 2.59. The molecular formula is C18H26N2O5Si. The Kier molecular flexibility index (Phi) is 4.83. The van der Waals surface area contributed by atoms with Gasteiger partial charge >= 0.3 is 6.09 Å². The number of ether oxygens (including phenoxy) is 2. The molecule has 7 nitrogen and oxygen atoms in total. The van der Waals surface area contributed by atoms with Crippen LogP contribution in [0.1, 0.15) is 26.5 Å². The molecular weight excluding hydrogens is 352 g/mol. The lowest BCUT2D eigenvalue weighted by Gasteiger charge is -2.36. The molecule has 0 radical (unpaired) electrons. The first-order chi connectivity index (χ1) is 12.1. The highest BCUT2D eigenvalue weighted by Gasteiger charge is 2.40. The molecule has 2 aliphatic heterocycles. The van der Waals surface area contributed by atoms with E-state index in [9.17, 15) is 9.59 Å². The molecule has 142 valence electrons. The van der Waals surface area contributed by atoms with Gasteiger partial charge in [0.05, 0.1) is 25.3 Å². The van der Waals surface area contributed by atoms with Crippen LogP contribution in [-0.2, 0) is 20.4 Å². The van der Waals surface area contributed by atoms with Gasteiger partial charge in [-0.3, -0.25) is 9.69 Å². The summed E-state index contributed by atoms with van der Waals surface area (Å²) in [6.45, 7) is 11.7. The molecule has 3 rings (SSSR count). The summed E-state index contributed by atoms with van der Waals surface area (Å²) in [5.74, 6) is 1.05. The number of cyclic esters (lactones) is 1. The Hall–Kier alpha value is -1.93. The largest absolute Gasteiger partial charge is 0.484 e. The Morgan fingerprint density at radius 2 is 2.04 bits per heavy atom. The predicted molar refractivity (Wildman–Crippen MR) is 99.2 cm³/mol. The molecule has 2 aliphatic rings. The fourth-order valence-corrected chi connectivity index (χ4v) is 3.63. The van der Waals surface area contributed by atoms with Gasteiger partial charge in [0.1, 0.15) is 24.3 Å². The third-order valence-electron chi connectivity index (χ3n) is 5.26. The van der Waals surface area contributed by atoms with E-state index in [1.807, 2.05) is 0 Å². The van der Waals surface area contributed by atoms with Crippen LogP contribution in [0.25, 0.3) is 0 Å². The number of aromatic nitrogens is 1. The van der Waals surface area contributed by atoms with Gasteiger partial charge in [0.25, 0.3) is 0 Å². The number of ketones is 1. The molecule has 1 atom stereocenters. The highest BCUT2D eigenvalue weighted by Crippen LogP contribution is 2.37. The molecule has 8 heteroatoms. The topological polar surface area (TPSA) is 78.0 Å². The molecule has 1 aromatic heterocycles. The molecule has 0 spiro atoms. The maximum absolute atomic E-state index is 12.3. The number of hydrogen-bond donors (Lipinski definition) is 0. The minimum atomic E-state index is -1.90.